The summed E-state index contributed by atoms with van der Waals surface area (Å²) in [5.41, 5.74) is 0.301. The van der Waals surface area contributed by atoms with Gasteiger partial charge in [0, 0.05) is 19.8 Å². The highest BCUT2D eigenvalue weighted by molar-refractivity contribution is 5.88. The van der Waals surface area contributed by atoms with Crippen LogP contribution in [0.15, 0.2) is 24.3 Å². The molecule has 2 aliphatic rings. The molecule has 3 rings (SSSR count). The topological polar surface area (TPSA) is 50.4 Å². The van der Waals surface area contributed by atoms with E-state index in [0.717, 1.165) is 31.5 Å². The number of rotatable bonds is 4. The standard InChI is InChI=1S/C18H25FN2O2/c19-16-5-3-15(4-6-16)18(7-10-23-11-8-18)17(22)21-13-14-2-1-9-20-12-14/h3-6,14,20H,1-2,7-13H2,(H,21,22). The molecule has 1 aromatic carbocycles. The van der Waals surface area contributed by atoms with E-state index < -0.39 is 5.41 Å². The molecule has 2 heterocycles. The van der Waals surface area contributed by atoms with Gasteiger partial charge in [-0.2, -0.15) is 0 Å². The lowest BCUT2D eigenvalue weighted by Gasteiger charge is -2.37. The zero-order valence-corrected chi connectivity index (χ0v) is 13.4. The van der Waals surface area contributed by atoms with Crippen LogP contribution in [0, 0.1) is 11.7 Å². The van der Waals surface area contributed by atoms with E-state index in [1.54, 1.807) is 12.1 Å². The lowest BCUT2D eigenvalue weighted by molar-refractivity contribution is -0.130. The Morgan fingerprint density at radius 1 is 1.30 bits per heavy atom. The number of carbonyl (C=O) groups excluding carboxylic acids is 1. The van der Waals surface area contributed by atoms with Crippen LogP contribution < -0.4 is 10.6 Å². The molecular formula is C18H25FN2O2. The Hall–Kier alpha value is -1.46. The number of benzene rings is 1. The monoisotopic (exact) mass is 320 g/mol. The van der Waals surface area contributed by atoms with Crippen LogP contribution in [0.5, 0.6) is 0 Å². The maximum atomic E-state index is 13.2. The van der Waals surface area contributed by atoms with Crippen LogP contribution in [-0.4, -0.2) is 38.8 Å². The third-order valence-electron chi connectivity index (χ3n) is 5.13. The lowest BCUT2D eigenvalue weighted by Crippen LogP contribution is -2.50. The average molecular weight is 320 g/mol. The van der Waals surface area contributed by atoms with Crippen molar-refractivity contribution in [3.8, 4) is 0 Å². The maximum Gasteiger partial charge on any atom is 0.230 e. The zero-order valence-electron chi connectivity index (χ0n) is 13.4. The van der Waals surface area contributed by atoms with Crippen LogP contribution >= 0.6 is 0 Å². The van der Waals surface area contributed by atoms with E-state index >= 15 is 0 Å². The van der Waals surface area contributed by atoms with Gasteiger partial charge in [-0.05, 0) is 62.4 Å². The van der Waals surface area contributed by atoms with Crippen LogP contribution in [0.25, 0.3) is 0 Å². The number of carbonyl (C=O) groups is 1. The van der Waals surface area contributed by atoms with Crippen molar-refractivity contribution in [2.24, 2.45) is 5.92 Å². The molecule has 0 aromatic heterocycles. The summed E-state index contributed by atoms with van der Waals surface area (Å²) in [5.74, 6) is 0.278. The van der Waals surface area contributed by atoms with Crippen molar-refractivity contribution in [3.05, 3.63) is 35.6 Å². The van der Waals surface area contributed by atoms with Gasteiger partial charge in [0.25, 0.3) is 0 Å². The van der Waals surface area contributed by atoms with Crippen molar-refractivity contribution < 1.29 is 13.9 Å². The number of hydrogen-bond donors (Lipinski definition) is 2. The molecule has 23 heavy (non-hydrogen) atoms. The SMILES string of the molecule is O=C(NCC1CCCNC1)C1(c2ccc(F)cc2)CCOCC1. The summed E-state index contributed by atoms with van der Waals surface area (Å²) in [6, 6.07) is 6.35. The van der Waals surface area contributed by atoms with Gasteiger partial charge < -0.3 is 15.4 Å². The van der Waals surface area contributed by atoms with Gasteiger partial charge in [-0.1, -0.05) is 12.1 Å². The first-order valence-corrected chi connectivity index (χ1v) is 8.53. The van der Waals surface area contributed by atoms with Gasteiger partial charge in [0.2, 0.25) is 5.91 Å². The summed E-state index contributed by atoms with van der Waals surface area (Å²) in [5, 5.41) is 6.52. The minimum absolute atomic E-state index is 0.0537. The highest BCUT2D eigenvalue weighted by atomic mass is 19.1. The number of ether oxygens (including phenoxy) is 1. The third-order valence-corrected chi connectivity index (χ3v) is 5.13. The van der Waals surface area contributed by atoms with E-state index in [2.05, 4.69) is 10.6 Å². The van der Waals surface area contributed by atoms with Crippen molar-refractivity contribution in [2.45, 2.75) is 31.1 Å². The average Bonchev–Trinajstić information content (AvgIpc) is 2.61. The van der Waals surface area contributed by atoms with Gasteiger partial charge in [-0.15, -0.1) is 0 Å². The van der Waals surface area contributed by atoms with E-state index in [1.807, 2.05) is 0 Å². The molecule has 0 saturated carbocycles. The number of piperidine rings is 1. The maximum absolute atomic E-state index is 13.2. The van der Waals surface area contributed by atoms with Crippen LogP contribution in [-0.2, 0) is 14.9 Å². The van der Waals surface area contributed by atoms with Crippen molar-refractivity contribution in [1.82, 2.24) is 10.6 Å². The molecule has 0 aliphatic carbocycles. The Balaban J connectivity index is 1.72. The fourth-order valence-corrected chi connectivity index (χ4v) is 3.64. The fraction of sp³-hybridized carbons (Fsp3) is 0.611. The zero-order chi connectivity index (χ0) is 16.1. The summed E-state index contributed by atoms with van der Waals surface area (Å²) in [6.07, 6.45) is 3.61. The number of nitrogens with one attached hydrogen (secondary N) is 2. The summed E-state index contributed by atoms with van der Waals surface area (Å²) < 4.78 is 18.7. The number of hydrogen-bond acceptors (Lipinski definition) is 3. The largest absolute Gasteiger partial charge is 0.381 e. The molecule has 1 amide bonds. The first-order chi connectivity index (χ1) is 11.2. The summed E-state index contributed by atoms with van der Waals surface area (Å²) in [4.78, 5) is 13.0. The van der Waals surface area contributed by atoms with Gasteiger partial charge in [0.1, 0.15) is 5.82 Å². The Labute approximate surface area is 136 Å². The molecule has 5 heteroatoms. The molecule has 4 nitrogen and oxygen atoms in total. The molecule has 0 radical (unpaired) electrons. The predicted octanol–water partition coefficient (Wildman–Crippen LogP) is 1.99. The fourth-order valence-electron chi connectivity index (χ4n) is 3.64. The number of halogens is 1. The van der Waals surface area contributed by atoms with Gasteiger partial charge >= 0.3 is 0 Å². The summed E-state index contributed by atoms with van der Waals surface area (Å²) >= 11 is 0. The molecule has 1 unspecified atom stereocenters. The van der Waals surface area contributed by atoms with Gasteiger partial charge in [-0.3, -0.25) is 4.79 Å². The molecule has 2 N–H and O–H groups in total. The van der Waals surface area contributed by atoms with Crippen LogP contribution in [0.4, 0.5) is 4.39 Å². The molecular weight excluding hydrogens is 295 g/mol. The van der Waals surface area contributed by atoms with Gasteiger partial charge in [-0.25, -0.2) is 4.39 Å². The van der Waals surface area contributed by atoms with E-state index in [1.165, 1.54) is 12.1 Å². The first kappa shape index (κ1) is 16.4. The molecule has 0 bridgehead atoms. The Kier molecular flexibility index (Phi) is 5.28. The van der Waals surface area contributed by atoms with Crippen LogP contribution in [0.3, 0.4) is 0 Å². The van der Waals surface area contributed by atoms with Crippen molar-refractivity contribution >= 4 is 5.91 Å². The lowest BCUT2D eigenvalue weighted by atomic mass is 9.73. The van der Waals surface area contributed by atoms with E-state index in [-0.39, 0.29) is 11.7 Å². The summed E-state index contributed by atoms with van der Waals surface area (Å²) in [6.45, 7) is 3.87. The third kappa shape index (κ3) is 3.72. The molecule has 1 atom stereocenters. The summed E-state index contributed by atoms with van der Waals surface area (Å²) in [7, 11) is 0. The first-order valence-electron chi connectivity index (χ1n) is 8.53. The minimum Gasteiger partial charge on any atom is -0.381 e. The van der Waals surface area contributed by atoms with Crippen LogP contribution in [0.2, 0.25) is 0 Å². The van der Waals surface area contributed by atoms with Crippen molar-refractivity contribution in [1.29, 1.82) is 0 Å². The molecule has 2 fully saturated rings. The molecule has 2 aliphatic heterocycles. The minimum atomic E-state index is -0.589. The van der Waals surface area contributed by atoms with E-state index in [0.29, 0.717) is 38.5 Å². The second-order valence-electron chi connectivity index (χ2n) is 6.62. The highest BCUT2D eigenvalue weighted by Gasteiger charge is 2.41. The second-order valence-corrected chi connectivity index (χ2v) is 6.62. The van der Waals surface area contributed by atoms with Crippen LogP contribution in [0.1, 0.15) is 31.2 Å². The van der Waals surface area contributed by atoms with Gasteiger partial charge in [0.05, 0.1) is 5.41 Å². The predicted molar refractivity (Wildman–Crippen MR) is 86.7 cm³/mol. The molecule has 2 saturated heterocycles. The molecule has 126 valence electrons. The smallest absolute Gasteiger partial charge is 0.230 e. The van der Waals surface area contributed by atoms with Crippen molar-refractivity contribution in [2.75, 3.05) is 32.8 Å². The number of amides is 1. The Bertz CT molecular complexity index is 520. The Morgan fingerprint density at radius 3 is 2.70 bits per heavy atom. The highest BCUT2D eigenvalue weighted by Crippen LogP contribution is 2.35. The normalized spacial score (nSPS) is 24.1. The van der Waals surface area contributed by atoms with E-state index in [4.69, 9.17) is 4.74 Å². The van der Waals surface area contributed by atoms with Crippen molar-refractivity contribution in [3.63, 3.8) is 0 Å². The Morgan fingerprint density at radius 2 is 2.04 bits per heavy atom. The quantitative estimate of drug-likeness (QED) is 0.892. The van der Waals surface area contributed by atoms with Gasteiger partial charge in [0.15, 0.2) is 0 Å². The second kappa shape index (κ2) is 7.41. The van der Waals surface area contributed by atoms with E-state index in [9.17, 15) is 9.18 Å². The molecule has 0 spiro atoms. The molecule has 1 aromatic rings.